The summed E-state index contributed by atoms with van der Waals surface area (Å²) in [6.45, 7) is 12.8. The average Bonchev–Trinajstić information content (AvgIpc) is 2.44. The van der Waals surface area contributed by atoms with Gasteiger partial charge >= 0.3 is 6.09 Å². The third kappa shape index (κ3) is 7.88. The molecule has 0 radical (unpaired) electrons. The monoisotopic (exact) mass is 322 g/mol. The summed E-state index contributed by atoms with van der Waals surface area (Å²) in [6, 6.07) is 8.36. The molecule has 5 nitrogen and oxygen atoms in total. The highest BCUT2D eigenvalue weighted by atomic mass is 16.6. The summed E-state index contributed by atoms with van der Waals surface area (Å²) in [7, 11) is 0. The van der Waals surface area contributed by atoms with Crippen molar-refractivity contribution < 1.29 is 14.3 Å². The SMILES string of the molecule is CCOc1ccc(C(C)NC(C)CNC(=O)OC(C)(C)C)cc1. The Morgan fingerprint density at radius 3 is 2.30 bits per heavy atom. The van der Waals surface area contributed by atoms with Crippen LogP contribution in [0.25, 0.3) is 0 Å². The van der Waals surface area contributed by atoms with Gasteiger partial charge in [-0.25, -0.2) is 4.79 Å². The standard InChI is InChI=1S/C18H30N2O3/c1-7-22-16-10-8-15(9-11-16)14(3)20-13(2)12-19-17(21)23-18(4,5)6/h8-11,13-14,20H,7,12H2,1-6H3,(H,19,21). The Hall–Kier alpha value is -1.75. The molecule has 1 aromatic carbocycles. The van der Waals surface area contributed by atoms with Crippen molar-refractivity contribution in [2.24, 2.45) is 0 Å². The zero-order valence-electron chi connectivity index (χ0n) is 15.1. The minimum absolute atomic E-state index is 0.129. The molecular formula is C18H30N2O3. The molecule has 0 bridgehead atoms. The first kappa shape index (κ1) is 19.3. The zero-order valence-corrected chi connectivity index (χ0v) is 15.1. The van der Waals surface area contributed by atoms with Crippen molar-refractivity contribution in [3.63, 3.8) is 0 Å². The number of benzene rings is 1. The molecule has 5 heteroatoms. The number of amides is 1. The summed E-state index contributed by atoms with van der Waals surface area (Å²) in [5.74, 6) is 0.878. The maximum absolute atomic E-state index is 11.6. The highest BCUT2D eigenvalue weighted by molar-refractivity contribution is 5.67. The Morgan fingerprint density at radius 1 is 1.17 bits per heavy atom. The average molecular weight is 322 g/mol. The van der Waals surface area contributed by atoms with Gasteiger partial charge in [-0.3, -0.25) is 0 Å². The molecule has 2 unspecified atom stereocenters. The van der Waals surface area contributed by atoms with Crippen LogP contribution < -0.4 is 15.4 Å². The molecule has 0 aliphatic heterocycles. The molecule has 23 heavy (non-hydrogen) atoms. The van der Waals surface area contributed by atoms with Gasteiger partial charge in [-0.05, 0) is 59.2 Å². The van der Waals surface area contributed by atoms with Crippen molar-refractivity contribution >= 4 is 6.09 Å². The van der Waals surface area contributed by atoms with E-state index in [1.807, 2.05) is 46.8 Å². The van der Waals surface area contributed by atoms with E-state index in [1.54, 1.807) is 0 Å². The molecule has 1 aromatic rings. The normalized spacial score (nSPS) is 14.0. The molecule has 130 valence electrons. The third-order valence-electron chi connectivity index (χ3n) is 3.18. The lowest BCUT2D eigenvalue weighted by Gasteiger charge is -2.23. The fourth-order valence-corrected chi connectivity index (χ4v) is 2.15. The Kier molecular flexibility index (Phi) is 7.36. The summed E-state index contributed by atoms with van der Waals surface area (Å²) in [4.78, 5) is 11.6. The number of hydrogen-bond donors (Lipinski definition) is 2. The van der Waals surface area contributed by atoms with Gasteiger partial charge in [0.05, 0.1) is 6.61 Å². The van der Waals surface area contributed by atoms with Gasteiger partial charge in [-0.1, -0.05) is 12.1 Å². The fraction of sp³-hybridized carbons (Fsp3) is 0.611. The van der Waals surface area contributed by atoms with Crippen LogP contribution in [-0.4, -0.2) is 30.9 Å². The topological polar surface area (TPSA) is 59.6 Å². The molecule has 0 aliphatic carbocycles. The lowest BCUT2D eigenvalue weighted by molar-refractivity contribution is 0.0522. The Bertz CT molecular complexity index is 480. The quantitative estimate of drug-likeness (QED) is 0.804. The van der Waals surface area contributed by atoms with Crippen molar-refractivity contribution in [3.8, 4) is 5.75 Å². The van der Waals surface area contributed by atoms with E-state index in [9.17, 15) is 4.79 Å². The fourth-order valence-electron chi connectivity index (χ4n) is 2.15. The van der Waals surface area contributed by atoms with Gasteiger partial charge in [0.15, 0.2) is 0 Å². The van der Waals surface area contributed by atoms with E-state index in [4.69, 9.17) is 9.47 Å². The van der Waals surface area contributed by atoms with Crippen LogP contribution in [0.3, 0.4) is 0 Å². The van der Waals surface area contributed by atoms with E-state index >= 15 is 0 Å². The van der Waals surface area contributed by atoms with Crippen LogP contribution in [0, 0.1) is 0 Å². The van der Waals surface area contributed by atoms with Crippen LogP contribution in [0.5, 0.6) is 5.75 Å². The van der Waals surface area contributed by atoms with Gasteiger partial charge in [0.25, 0.3) is 0 Å². The Morgan fingerprint density at radius 2 is 1.78 bits per heavy atom. The van der Waals surface area contributed by atoms with Crippen molar-refractivity contribution in [1.29, 1.82) is 0 Å². The molecule has 0 aromatic heterocycles. The molecule has 1 amide bonds. The van der Waals surface area contributed by atoms with Gasteiger partial charge in [-0.2, -0.15) is 0 Å². The lowest BCUT2D eigenvalue weighted by atomic mass is 10.1. The first-order chi connectivity index (χ1) is 10.7. The van der Waals surface area contributed by atoms with Crippen LogP contribution in [0.4, 0.5) is 4.79 Å². The van der Waals surface area contributed by atoms with Crippen molar-refractivity contribution in [1.82, 2.24) is 10.6 Å². The first-order valence-electron chi connectivity index (χ1n) is 8.17. The number of alkyl carbamates (subject to hydrolysis) is 1. The second-order valence-electron chi connectivity index (χ2n) is 6.67. The molecule has 0 saturated heterocycles. The number of rotatable bonds is 7. The van der Waals surface area contributed by atoms with Gasteiger partial charge in [0.2, 0.25) is 0 Å². The summed E-state index contributed by atoms with van der Waals surface area (Å²) in [5.41, 5.74) is 0.702. The van der Waals surface area contributed by atoms with E-state index < -0.39 is 5.60 Å². The predicted molar refractivity (Wildman–Crippen MR) is 92.9 cm³/mol. The summed E-state index contributed by atoms with van der Waals surface area (Å²) >= 11 is 0. The van der Waals surface area contributed by atoms with Crippen molar-refractivity contribution in [3.05, 3.63) is 29.8 Å². The Labute approximate surface area is 139 Å². The van der Waals surface area contributed by atoms with E-state index in [0.29, 0.717) is 13.2 Å². The zero-order chi connectivity index (χ0) is 17.5. The van der Waals surface area contributed by atoms with E-state index in [2.05, 4.69) is 29.7 Å². The summed E-state index contributed by atoms with van der Waals surface area (Å²) in [5, 5.41) is 6.23. The molecule has 0 fully saturated rings. The third-order valence-corrected chi connectivity index (χ3v) is 3.18. The van der Waals surface area contributed by atoms with E-state index in [0.717, 1.165) is 5.75 Å². The number of carbonyl (C=O) groups is 1. The summed E-state index contributed by atoms with van der Waals surface area (Å²) < 4.78 is 10.7. The minimum Gasteiger partial charge on any atom is -0.494 e. The van der Waals surface area contributed by atoms with Crippen LogP contribution >= 0.6 is 0 Å². The Balaban J connectivity index is 2.41. The maximum atomic E-state index is 11.6. The van der Waals surface area contributed by atoms with Crippen LogP contribution in [-0.2, 0) is 4.74 Å². The molecular weight excluding hydrogens is 292 g/mol. The summed E-state index contributed by atoms with van der Waals surface area (Å²) in [6.07, 6.45) is -0.389. The van der Waals surface area contributed by atoms with Crippen LogP contribution in [0.15, 0.2) is 24.3 Å². The number of carbonyl (C=O) groups excluding carboxylic acids is 1. The second-order valence-corrected chi connectivity index (χ2v) is 6.67. The van der Waals surface area contributed by atoms with E-state index in [-0.39, 0.29) is 18.2 Å². The van der Waals surface area contributed by atoms with Gasteiger partial charge in [0, 0.05) is 18.6 Å². The molecule has 1 rings (SSSR count). The van der Waals surface area contributed by atoms with Crippen molar-refractivity contribution in [2.75, 3.05) is 13.2 Å². The molecule has 2 atom stereocenters. The largest absolute Gasteiger partial charge is 0.494 e. The van der Waals surface area contributed by atoms with E-state index in [1.165, 1.54) is 5.56 Å². The first-order valence-corrected chi connectivity index (χ1v) is 8.17. The van der Waals surface area contributed by atoms with Gasteiger partial charge < -0.3 is 20.1 Å². The highest BCUT2D eigenvalue weighted by Gasteiger charge is 2.17. The molecule has 0 aliphatic rings. The maximum Gasteiger partial charge on any atom is 0.407 e. The number of hydrogen-bond acceptors (Lipinski definition) is 4. The minimum atomic E-state index is -0.476. The predicted octanol–water partition coefficient (Wildman–Crippen LogP) is 3.65. The van der Waals surface area contributed by atoms with Gasteiger partial charge in [0.1, 0.15) is 11.4 Å². The second kappa shape index (κ2) is 8.77. The molecule has 2 N–H and O–H groups in total. The van der Waals surface area contributed by atoms with Gasteiger partial charge in [-0.15, -0.1) is 0 Å². The lowest BCUT2D eigenvalue weighted by Crippen LogP contribution is -2.41. The molecule has 0 heterocycles. The van der Waals surface area contributed by atoms with Crippen LogP contribution in [0.2, 0.25) is 0 Å². The molecule has 0 spiro atoms. The number of ether oxygens (including phenoxy) is 2. The highest BCUT2D eigenvalue weighted by Crippen LogP contribution is 2.18. The number of nitrogens with one attached hydrogen (secondary N) is 2. The van der Waals surface area contributed by atoms with Crippen molar-refractivity contribution in [2.45, 2.75) is 59.2 Å². The van der Waals surface area contributed by atoms with Crippen LogP contribution in [0.1, 0.15) is 53.1 Å². The smallest absolute Gasteiger partial charge is 0.407 e. The molecule has 0 saturated carbocycles.